The molecule has 5 nitrogen and oxygen atoms in total. The summed E-state index contributed by atoms with van der Waals surface area (Å²) < 4.78 is 25.2. The topological polar surface area (TPSA) is 40.2 Å². The summed E-state index contributed by atoms with van der Waals surface area (Å²) in [6.45, 7) is 8.63. The van der Waals surface area contributed by atoms with Gasteiger partial charge in [0.2, 0.25) is 0 Å². The Kier molecular flexibility index (Phi) is 5.97. The van der Waals surface area contributed by atoms with Crippen LogP contribution in [0.5, 0.6) is 23.0 Å². The van der Waals surface area contributed by atoms with Crippen molar-refractivity contribution in [2.45, 2.75) is 51.2 Å². The van der Waals surface area contributed by atoms with Gasteiger partial charge in [0, 0.05) is 58.2 Å². The maximum Gasteiger partial charge on any atom is 0.178 e. The van der Waals surface area contributed by atoms with E-state index in [0.29, 0.717) is 0 Å². The number of rotatable bonds is 5. The Balaban J connectivity index is 1.42. The second-order valence-corrected chi connectivity index (χ2v) is 12.1. The maximum atomic E-state index is 7.28. The molecule has 1 saturated heterocycles. The summed E-state index contributed by atoms with van der Waals surface area (Å²) in [5.41, 5.74) is 5.61. The third kappa shape index (κ3) is 4.13. The molecule has 3 aliphatic rings. The van der Waals surface area contributed by atoms with Crippen molar-refractivity contribution in [3.63, 3.8) is 0 Å². The number of benzene rings is 4. The Morgan fingerprint density at radius 3 is 2.10 bits per heavy atom. The van der Waals surface area contributed by atoms with Gasteiger partial charge in [0.25, 0.3) is 0 Å². The van der Waals surface area contributed by atoms with Gasteiger partial charge in [0.15, 0.2) is 5.60 Å². The van der Waals surface area contributed by atoms with Crippen molar-refractivity contribution < 1.29 is 18.9 Å². The molecule has 0 radical (unpaired) electrons. The summed E-state index contributed by atoms with van der Waals surface area (Å²) in [6, 6.07) is 21.5. The van der Waals surface area contributed by atoms with E-state index in [0.717, 1.165) is 81.1 Å². The van der Waals surface area contributed by atoms with E-state index in [9.17, 15) is 0 Å². The van der Waals surface area contributed by atoms with Gasteiger partial charge in [0.05, 0.1) is 14.2 Å². The number of hydrogen-bond donors (Lipinski definition) is 0. The molecule has 4 aromatic rings. The molecule has 1 atom stereocenters. The first-order valence-electron chi connectivity index (χ1n) is 14.6. The van der Waals surface area contributed by atoms with E-state index in [2.05, 4.69) is 86.4 Å². The zero-order chi connectivity index (χ0) is 28.4. The van der Waals surface area contributed by atoms with E-state index in [1.54, 1.807) is 14.2 Å². The largest absolute Gasteiger partial charge is 0.497 e. The molecular formula is C36H37NO4. The van der Waals surface area contributed by atoms with Gasteiger partial charge in [-0.15, -0.1) is 0 Å². The lowest BCUT2D eigenvalue weighted by atomic mass is 9.82. The van der Waals surface area contributed by atoms with E-state index >= 15 is 0 Å². The normalized spacial score (nSPS) is 20.4. The Bertz CT molecular complexity index is 1660. The molecule has 0 amide bonds. The molecule has 5 heteroatoms. The van der Waals surface area contributed by atoms with Crippen molar-refractivity contribution in [1.82, 2.24) is 0 Å². The monoisotopic (exact) mass is 547 g/mol. The Hall–Kier alpha value is -4.12. The fourth-order valence-corrected chi connectivity index (χ4v) is 6.77. The first kappa shape index (κ1) is 25.8. The predicted molar refractivity (Wildman–Crippen MR) is 165 cm³/mol. The van der Waals surface area contributed by atoms with Crippen LogP contribution >= 0.6 is 0 Å². The standard InChI is InChI=1S/C36H37NO4/c1-23-20-29-30(21-32(39-5)31-22-35(2,3)40-34(29)31)33-28(23)16-17-36(41-33,25-10-14-27(38-4)15-11-25)24-8-12-26(13-9-24)37-18-6-7-19-37/h8-17,20-21H,6-7,18-19,22H2,1-5H3. The minimum atomic E-state index is -0.824. The smallest absolute Gasteiger partial charge is 0.178 e. The van der Waals surface area contributed by atoms with Gasteiger partial charge in [0.1, 0.15) is 28.6 Å². The van der Waals surface area contributed by atoms with Crippen LogP contribution in [0.1, 0.15) is 54.5 Å². The average Bonchev–Trinajstić information content (AvgIpc) is 3.64. The molecule has 210 valence electrons. The second-order valence-electron chi connectivity index (χ2n) is 12.1. The molecule has 41 heavy (non-hydrogen) atoms. The molecule has 0 N–H and O–H groups in total. The van der Waals surface area contributed by atoms with Crippen LogP contribution in [0.25, 0.3) is 16.8 Å². The zero-order valence-electron chi connectivity index (χ0n) is 24.5. The third-order valence-corrected chi connectivity index (χ3v) is 8.89. The molecule has 1 fully saturated rings. The minimum absolute atomic E-state index is 0.293. The van der Waals surface area contributed by atoms with Crippen molar-refractivity contribution in [1.29, 1.82) is 0 Å². The molecule has 0 saturated carbocycles. The maximum absolute atomic E-state index is 7.28. The summed E-state index contributed by atoms with van der Waals surface area (Å²) in [6.07, 6.45) is 7.72. The van der Waals surface area contributed by atoms with Crippen molar-refractivity contribution >= 4 is 22.5 Å². The number of hydrogen-bond acceptors (Lipinski definition) is 5. The number of anilines is 1. The number of nitrogens with zero attached hydrogens (tertiary/aromatic N) is 1. The van der Waals surface area contributed by atoms with Gasteiger partial charge in [-0.3, -0.25) is 0 Å². The fraction of sp³-hybridized carbons (Fsp3) is 0.333. The van der Waals surface area contributed by atoms with E-state index < -0.39 is 5.60 Å². The molecule has 0 spiro atoms. The van der Waals surface area contributed by atoms with Crippen molar-refractivity contribution in [3.8, 4) is 23.0 Å². The van der Waals surface area contributed by atoms with Gasteiger partial charge < -0.3 is 23.8 Å². The fourth-order valence-electron chi connectivity index (χ4n) is 6.77. The average molecular weight is 548 g/mol. The summed E-state index contributed by atoms with van der Waals surface area (Å²) in [5.74, 6) is 3.40. The van der Waals surface area contributed by atoms with Crippen molar-refractivity contribution in [2.24, 2.45) is 0 Å². The molecule has 3 heterocycles. The van der Waals surface area contributed by atoms with Crippen LogP contribution in [-0.4, -0.2) is 32.9 Å². The lowest BCUT2D eigenvalue weighted by Gasteiger charge is -2.37. The lowest BCUT2D eigenvalue weighted by Crippen LogP contribution is -2.34. The van der Waals surface area contributed by atoms with Crippen LogP contribution < -0.4 is 23.8 Å². The van der Waals surface area contributed by atoms with Gasteiger partial charge in [-0.2, -0.15) is 0 Å². The first-order chi connectivity index (χ1) is 19.8. The van der Waals surface area contributed by atoms with Gasteiger partial charge in [-0.1, -0.05) is 30.3 Å². The highest BCUT2D eigenvalue weighted by Gasteiger charge is 2.40. The number of fused-ring (bicyclic) bond motifs is 5. The SMILES string of the molecule is COc1ccc(C2(c3ccc(N4CCCC4)cc3)C=Cc3c(C)cc4c5c(c(OC)cc4c3O2)CC(C)(C)O5)cc1. The van der Waals surface area contributed by atoms with E-state index in [4.69, 9.17) is 18.9 Å². The summed E-state index contributed by atoms with van der Waals surface area (Å²) in [5, 5.41) is 2.06. The molecule has 4 aromatic carbocycles. The van der Waals surface area contributed by atoms with E-state index in [1.165, 1.54) is 18.5 Å². The second kappa shape index (κ2) is 9.47. The van der Waals surface area contributed by atoms with E-state index in [1.807, 2.05) is 12.1 Å². The molecule has 0 bridgehead atoms. The highest BCUT2D eigenvalue weighted by molar-refractivity contribution is 6.00. The van der Waals surface area contributed by atoms with Crippen LogP contribution in [0, 0.1) is 6.92 Å². The van der Waals surface area contributed by atoms with Gasteiger partial charge in [-0.05, 0) is 81.7 Å². The van der Waals surface area contributed by atoms with Gasteiger partial charge >= 0.3 is 0 Å². The predicted octanol–water partition coefficient (Wildman–Crippen LogP) is 7.83. The minimum Gasteiger partial charge on any atom is -0.497 e. The molecule has 3 aliphatic heterocycles. The lowest BCUT2D eigenvalue weighted by molar-refractivity contribution is 0.140. The molecule has 0 aliphatic carbocycles. The highest BCUT2D eigenvalue weighted by atomic mass is 16.5. The summed E-state index contributed by atoms with van der Waals surface area (Å²) in [4.78, 5) is 2.46. The molecule has 7 rings (SSSR count). The molecule has 1 unspecified atom stereocenters. The first-order valence-corrected chi connectivity index (χ1v) is 14.6. The van der Waals surface area contributed by atoms with Gasteiger partial charge in [-0.25, -0.2) is 0 Å². The Morgan fingerprint density at radius 2 is 1.44 bits per heavy atom. The van der Waals surface area contributed by atoms with Crippen LogP contribution in [0.2, 0.25) is 0 Å². The van der Waals surface area contributed by atoms with Crippen LogP contribution in [0.4, 0.5) is 5.69 Å². The molecular weight excluding hydrogens is 510 g/mol. The van der Waals surface area contributed by atoms with Crippen molar-refractivity contribution in [3.05, 3.63) is 94.6 Å². The number of ether oxygens (including phenoxy) is 4. The Morgan fingerprint density at radius 1 is 0.780 bits per heavy atom. The highest BCUT2D eigenvalue weighted by Crippen LogP contribution is 2.52. The number of aryl methyl sites for hydroxylation is 1. The molecule has 0 aromatic heterocycles. The Labute approximate surface area is 242 Å². The van der Waals surface area contributed by atoms with Crippen LogP contribution in [-0.2, 0) is 12.0 Å². The van der Waals surface area contributed by atoms with Crippen LogP contribution in [0.3, 0.4) is 0 Å². The summed E-state index contributed by atoms with van der Waals surface area (Å²) >= 11 is 0. The number of methoxy groups -OCH3 is 2. The van der Waals surface area contributed by atoms with Crippen LogP contribution in [0.15, 0.2) is 66.7 Å². The van der Waals surface area contributed by atoms with Crippen molar-refractivity contribution in [2.75, 3.05) is 32.2 Å². The zero-order valence-corrected chi connectivity index (χ0v) is 24.5. The quantitative estimate of drug-likeness (QED) is 0.255. The summed E-state index contributed by atoms with van der Waals surface area (Å²) in [7, 11) is 3.43. The third-order valence-electron chi connectivity index (χ3n) is 8.89. The van der Waals surface area contributed by atoms with E-state index in [-0.39, 0.29) is 5.60 Å².